The molecule has 0 atom stereocenters. The van der Waals surface area contributed by atoms with Gasteiger partial charge in [-0.3, -0.25) is 0 Å². The van der Waals surface area contributed by atoms with Crippen molar-refractivity contribution >= 4 is 65.6 Å². The summed E-state index contributed by atoms with van der Waals surface area (Å²) in [7, 11) is 0. The number of rotatable bonds is 3. The lowest BCUT2D eigenvalue weighted by molar-refractivity contribution is 0.669. The number of hydrogen-bond donors (Lipinski definition) is 0. The Balaban J connectivity index is 1.22. The third-order valence-corrected chi connectivity index (χ3v) is 9.78. The fraction of sp³-hybridized carbons (Fsp3) is 0. The van der Waals surface area contributed by atoms with Gasteiger partial charge in [0.15, 0.2) is 0 Å². The van der Waals surface area contributed by atoms with E-state index < -0.39 is 0 Å². The van der Waals surface area contributed by atoms with Gasteiger partial charge in [0.1, 0.15) is 17.2 Å². The molecule has 0 N–H and O–H groups in total. The number of nitriles is 2. The maximum absolute atomic E-state index is 10.5. The zero-order chi connectivity index (χ0) is 32.6. The summed E-state index contributed by atoms with van der Waals surface area (Å²) in [6, 6.07) is 54.2. The number of furan rings is 1. The minimum Gasteiger partial charge on any atom is -0.456 e. The molecule has 49 heavy (non-hydrogen) atoms. The molecule has 0 saturated heterocycles. The van der Waals surface area contributed by atoms with Crippen LogP contribution in [0, 0.1) is 22.7 Å². The van der Waals surface area contributed by atoms with Crippen molar-refractivity contribution in [3.63, 3.8) is 0 Å². The molecule has 0 aliphatic carbocycles. The third-order valence-electron chi connectivity index (χ3n) is 9.78. The number of benzene rings is 7. The maximum atomic E-state index is 10.5. The van der Waals surface area contributed by atoms with Crippen molar-refractivity contribution in [3.8, 4) is 34.6 Å². The Kier molecular flexibility index (Phi) is 5.64. The number of aromatic nitrogens is 2. The monoisotopic (exact) mass is 624 g/mol. The molecule has 0 spiro atoms. The Hall–Kier alpha value is -7.08. The molecule has 0 amide bonds. The highest BCUT2D eigenvalue weighted by Crippen LogP contribution is 2.42. The van der Waals surface area contributed by atoms with Gasteiger partial charge in [0.2, 0.25) is 0 Å². The highest BCUT2D eigenvalue weighted by Gasteiger charge is 2.21. The van der Waals surface area contributed by atoms with Gasteiger partial charge < -0.3 is 13.6 Å². The van der Waals surface area contributed by atoms with E-state index in [0.717, 1.165) is 88.1 Å². The van der Waals surface area contributed by atoms with Crippen LogP contribution in [0.25, 0.3) is 88.1 Å². The van der Waals surface area contributed by atoms with Crippen LogP contribution in [0.2, 0.25) is 0 Å². The minimum atomic E-state index is 0.443. The fourth-order valence-electron chi connectivity index (χ4n) is 7.75. The van der Waals surface area contributed by atoms with Crippen molar-refractivity contribution in [2.75, 3.05) is 0 Å². The van der Waals surface area contributed by atoms with Crippen molar-refractivity contribution < 1.29 is 4.42 Å². The van der Waals surface area contributed by atoms with E-state index in [1.54, 1.807) is 6.07 Å². The maximum Gasteiger partial charge on any atom is 0.136 e. The van der Waals surface area contributed by atoms with Crippen LogP contribution in [0.15, 0.2) is 150 Å². The number of fused-ring (bicyclic) bond motifs is 10. The summed E-state index contributed by atoms with van der Waals surface area (Å²) in [4.78, 5) is 0. The summed E-state index contributed by atoms with van der Waals surface area (Å²) in [5, 5.41) is 27.2. The van der Waals surface area contributed by atoms with Gasteiger partial charge in [-0.15, -0.1) is 0 Å². The van der Waals surface area contributed by atoms with Gasteiger partial charge in [-0.1, -0.05) is 84.9 Å². The van der Waals surface area contributed by atoms with Gasteiger partial charge >= 0.3 is 0 Å². The zero-order valence-electron chi connectivity index (χ0n) is 26.1. The summed E-state index contributed by atoms with van der Waals surface area (Å²) in [6.07, 6.45) is 0. The molecule has 0 unspecified atom stereocenters. The summed E-state index contributed by atoms with van der Waals surface area (Å²) in [6.45, 7) is 0. The molecule has 10 rings (SSSR count). The summed E-state index contributed by atoms with van der Waals surface area (Å²) in [5.74, 6) is 0. The first kappa shape index (κ1) is 27.1. The van der Waals surface area contributed by atoms with Gasteiger partial charge in [-0.2, -0.15) is 10.5 Å². The smallest absolute Gasteiger partial charge is 0.136 e. The molecule has 0 radical (unpaired) electrons. The number of nitrogens with zero attached hydrogens (tertiary/aromatic N) is 4. The lowest BCUT2D eigenvalue weighted by Gasteiger charge is -2.17. The van der Waals surface area contributed by atoms with Crippen LogP contribution >= 0.6 is 0 Å². The Labute approximate surface area is 280 Å². The van der Waals surface area contributed by atoms with Crippen molar-refractivity contribution in [3.05, 3.63) is 157 Å². The molecular weight excluding hydrogens is 601 g/mol. The predicted molar refractivity (Wildman–Crippen MR) is 197 cm³/mol. The molecule has 0 saturated carbocycles. The average molecular weight is 625 g/mol. The Morgan fingerprint density at radius 3 is 1.76 bits per heavy atom. The van der Waals surface area contributed by atoms with Crippen LogP contribution in [0.5, 0.6) is 0 Å². The quantitative estimate of drug-likeness (QED) is 0.196. The predicted octanol–water partition coefficient (Wildman–Crippen LogP) is 11.2. The molecule has 0 fully saturated rings. The van der Waals surface area contributed by atoms with Crippen LogP contribution in [-0.2, 0) is 0 Å². The highest BCUT2D eigenvalue weighted by atomic mass is 16.3. The first-order valence-corrected chi connectivity index (χ1v) is 16.1. The van der Waals surface area contributed by atoms with E-state index >= 15 is 0 Å². The second kappa shape index (κ2) is 10.2. The van der Waals surface area contributed by atoms with Crippen molar-refractivity contribution in [1.29, 1.82) is 10.5 Å². The third kappa shape index (κ3) is 3.79. The van der Waals surface area contributed by atoms with Gasteiger partial charge in [-0.25, -0.2) is 0 Å². The molecule has 7 aromatic carbocycles. The first-order chi connectivity index (χ1) is 24.2. The van der Waals surface area contributed by atoms with Crippen LogP contribution < -0.4 is 0 Å². The lowest BCUT2D eigenvalue weighted by Crippen LogP contribution is -2.02. The van der Waals surface area contributed by atoms with Crippen molar-refractivity contribution in [2.45, 2.75) is 0 Å². The second-order valence-corrected chi connectivity index (χ2v) is 12.3. The normalized spacial score (nSPS) is 11.6. The minimum absolute atomic E-state index is 0.443. The standard InChI is InChI=1S/C44H24N4O/c45-25-27-23-29(26-46)44(48-36-13-5-1-9-31(36)32-10-2-6-14-37(32)48)35(24-27)28-17-19-30(20-18-28)47-38-15-7-3-11-33(38)42-39(47)21-22-41-43(42)34-12-4-8-16-40(34)49-41/h1-24H. The van der Waals surface area contributed by atoms with E-state index in [1.165, 1.54) is 0 Å². The number of para-hydroxylation sites is 4. The van der Waals surface area contributed by atoms with Gasteiger partial charge in [-0.05, 0) is 66.2 Å². The van der Waals surface area contributed by atoms with Crippen LogP contribution in [0.3, 0.4) is 0 Å². The Morgan fingerprint density at radius 1 is 0.469 bits per heavy atom. The molecule has 0 aliphatic rings. The molecular formula is C44H24N4O. The van der Waals surface area contributed by atoms with Gasteiger partial charge in [0.25, 0.3) is 0 Å². The SMILES string of the molecule is N#Cc1cc(C#N)c(-n2c3ccccc3c3ccccc32)c(-c2ccc(-n3c4ccccc4c4c5c(ccc43)oc3ccccc35)cc2)c1. The van der Waals surface area contributed by atoms with E-state index in [9.17, 15) is 10.5 Å². The first-order valence-electron chi connectivity index (χ1n) is 16.1. The molecule has 0 bridgehead atoms. The molecule has 5 heteroatoms. The van der Waals surface area contributed by atoms with E-state index in [-0.39, 0.29) is 0 Å². The molecule has 0 aliphatic heterocycles. The van der Waals surface area contributed by atoms with Gasteiger partial charge in [0.05, 0.1) is 45.0 Å². The molecule has 10 aromatic rings. The van der Waals surface area contributed by atoms with Gasteiger partial charge in [0, 0.05) is 43.6 Å². The van der Waals surface area contributed by atoms with E-state index in [0.29, 0.717) is 11.1 Å². The van der Waals surface area contributed by atoms with Crippen LogP contribution in [0.1, 0.15) is 11.1 Å². The van der Waals surface area contributed by atoms with E-state index in [1.807, 2.05) is 42.5 Å². The van der Waals surface area contributed by atoms with E-state index in [2.05, 4.69) is 118 Å². The van der Waals surface area contributed by atoms with Crippen molar-refractivity contribution in [1.82, 2.24) is 9.13 Å². The molecule has 3 aromatic heterocycles. The van der Waals surface area contributed by atoms with E-state index in [4.69, 9.17) is 4.42 Å². The Bertz CT molecular complexity index is 3020. The molecule has 3 heterocycles. The number of hydrogen-bond acceptors (Lipinski definition) is 3. The zero-order valence-corrected chi connectivity index (χ0v) is 26.1. The fourth-order valence-corrected chi connectivity index (χ4v) is 7.75. The lowest BCUT2D eigenvalue weighted by atomic mass is 9.96. The van der Waals surface area contributed by atoms with Crippen molar-refractivity contribution in [2.24, 2.45) is 0 Å². The second-order valence-electron chi connectivity index (χ2n) is 12.3. The molecule has 5 nitrogen and oxygen atoms in total. The molecule has 226 valence electrons. The summed E-state index contributed by atoms with van der Waals surface area (Å²) < 4.78 is 10.7. The topological polar surface area (TPSA) is 70.6 Å². The highest BCUT2D eigenvalue weighted by molar-refractivity contribution is 6.27. The van der Waals surface area contributed by atoms with Crippen LogP contribution in [-0.4, -0.2) is 9.13 Å². The summed E-state index contributed by atoms with van der Waals surface area (Å²) in [5.41, 5.74) is 10.4. The average Bonchev–Trinajstić information content (AvgIpc) is 3.82. The summed E-state index contributed by atoms with van der Waals surface area (Å²) >= 11 is 0. The largest absolute Gasteiger partial charge is 0.456 e. The van der Waals surface area contributed by atoms with Crippen LogP contribution in [0.4, 0.5) is 0 Å². The Morgan fingerprint density at radius 2 is 1.08 bits per heavy atom.